The highest BCUT2D eigenvalue weighted by molar-refractivity contribution is 5.83. The fourth-order valence-electron chi connectivity index (χ4n) is 2.96. The van der Waals surface area contributed by atoms with Crippen molar-refractivity contribution < 1.29 is 19.4 Å². The summed E-state index contributed by atoms with van der Waals surface area (Å²) < 4.78 is 5.35. The van der Waals surface area contributed by atoms with Gasteiger partial charge < -0.3 is 14.7 Å². The molecule has 19 heavy (non-hydrogen) atoms. The van der Waals surface area contributed by atoms with Gasteiger partial charge in [-0.15, -0.1) is 6.58 Å². The Labute approximate surface area is 113 Å². The molecule has 1 saturated heterocycles. The molecule has 1 heterocycles. The highest BCUT2D eigenvalue weighted by Crippen LogP contribution is 2.27. The Kier molecular flexibility index (Phi) is 4.58. The summed E-state index contributed by atoms with van der Waals surface area (Å²) in [4.78, 5) is 25.1. The first-order valence-electron chi connectivity index (χ1n) is 6.93. The van der Waals surface area contributed by atoms with Gasteiger partial charge in [-0.1, -0.05) is 18.9 Å². The molecule has 2 rings (SSSR count). The minimum Gasteiger partial charge on any atom is -0.479 e. The Morgan fingerprint density at radius 3 is 2.37 bits per heavy atom. The molecule has 0 aromatic carbocycles. The topological polar surface area (TPSA) is 66.8 Å². The van der Waals surface area contributed by atoms with Gasteiger partial charge in [0, 0.05) is 12.6 Å². The summed E-state index contributed by atoms with van der Waals surface area (Å²) in [6.45, 7) is 4.21. The Hall–Kier alpha value is -1.36. The van der Waals surface area contributed by atoms with Crippen LogP contribution < -0.4 is 0 Å². The quantitative estimate of drug-likeness (QED) is 0.768. The molecule has 0 unspecified atom stereocenters. The SMILES string of the molecule is C=CCN(C(=O)[C@@H]1CC[C@H](C(=O)O)O1)C1CCCC1. The van der Waals surface area contributed by atoms with Crippen molar-refractivity contribution in [3.05, 3.63) is 12.7 Å². The van der Waals surface area contributed by atoms with Crippen molar-refractivity contribution in [2.75, 3.05) is 6.54 Å². The van der Waals surface area contributed by atoms with Crippen molar-refractivity contribution >= 4 is 11.9 Å². The number of carboxylic acid groups (broad SMARTS) is 1. The van der Waals surface area contributed by atoms with Crippen LogP contribution in [0, 0.1) is 0 Å². The number of amides is 1. The van der Waals surface area contributed by atoms with Crippen molar-refractivity contribution in [1.82, 2.24) is 4.90 Å². The second-order valence-corrected chi connectivity index (χ2v) is 5.25. The molecule has 0 radical (unpaired) electrons. The lowest BCUT2D eigenvalue weighted by molar-refractivity contribution is -0.155. The summed E-state index contributed by atoms with van der Waals surface area (Å²) in [6, 6.07) is 0.262. The number of nitrogens with zero attached hydrogens (tertiary/aromatic N) is 1. The number of ether oxygens (including phenoxy) is 1. The van der Waals surface area contributed by atoms with Crippen LogP contribution in [0.25, 0.3) is 0 Å². The zero-order chi connectivity index (χ0) is 13.8. The van der Waals surface area contributed by atoms with E-state index in [4.69, 9.17) is 9.84 Å². The van der Waals surface area contributed by atoms with Gasteiger partial charge in [0.15, 0.2) is 6.10 Å². The number of rotatable bonds is 5. The van der Waals surface area contributed by atoms with Gasteiger partial charge in [-0.2, -0.15) is 0 Å². The molecule has 1 amide bonds. The third-order valence-corrected chi connectivity index (χ3v) is 3.94. The van der Waals surface area contributed by atoms with E-state index in [-0.39, 0.29) is 11.9 Å². The van der Waals surface area contributed by atoms with E-state index in [1.807, 2.05) is 4.90 Å². The van der Waals surface area contributed by atoms with Crippen molar-refractivity contribution in [3.8, 4) is 0 Å². The molecule has 5 nitrogen and oxygen atoms in total. The van der Waals surface area contributed by atoms with Crippen LogP contribution in [0.2, 0.25) is 0 Å². The van der Waals surface area contributed by atoms with Crippen LogP contribution in [-0.4, -0.2) is 46.7 Å². The lowest BCUT2D eigenvalue weighted by Crippen LogP contribution is -2.45. The van der Waals surface area contributed by atoms with E-state index in [2.05, 4.69) is 6.58 Å². The number of hydrogen-bond acceptors (Lipinski definition) is 3. The van der Waals surface area contributed by atoms with Crippen LogP contribution in [0.4, 0.5) is 0 Å². The van der Waals surface area contributed by atoms with E-state index in [9.17, 15) is 9.59 Å². The molecule has 0 aromatic rings. The fourth-order valence-corrected chi connectivity index (χ4v) is 2.96. The van der Waals surface area contributed by atoms with E-state index in [1.165, 1.54) is 0 Å². The molecular formula is C14H21NO4. The standard InChI is InChI=1S/C14H21NO4/c1-2-9-15(10-5-3-4-6-10)13(16)11-7-8-12(19-11)14(17)18/h2,10-12H,1,3-9H2,(H,17,18)/t11-,12+/m0/s1. The van der Waals surface area contributed by atoms with Crippen molar-refractivity contribution in [2.24, 2.45) is 0 Å². The Balaban J connectivity index is 1.99. The van der Waals surface area contributed by atoms with Gasteiger partial charge in [-0.05, 0) is 25.7 Å². The minimum absolute atomic E-state index is 0.0736. The molecule has 5 heteroatoms. The number of aliphatic carboxylic acids is 1. The average molecular weight is 267 g/mol. The average Bonchev–Trinajstić information content (AvgIpc) is 3.05. The molecule has 1 N–H and O–H groups in total. The molecule has 0 bridgehead atoms. The Morgan fingerprint density at radius 1 is 1.21 bits per heavy atom. The molecule has 2 atom stereocenters. The first-order chi connectivity index (χ1) is 9.13. The number of carbonyl (C=O) groups is 2. The first kappa shape index (κ1) is 14.1. The minimum atomic E-state index is -0.980. The second kappa shape index (κ2) is 6.19. The molecule has 0 aromatic heterocycles. The summed E-state index contributed by atoms with van der Waals surface area (Å²) in [7, 11) is 0. The van der Waals surface area contributed by atoms with Crippen molar-refractivity contribution in [2.45, 2.75) is 56.8 Å². The van der Waals surface area contributed by atoms with Crippen molar-refractivity contribution in [1.29, 1.82) is 0 Å². The Morgan fingerprint density at radius 2 is 1.84 bits per heavy atom. The molecule has 106 valence electrons. The summed E-state index contributed by atoms with van der Waals surface area (Å²) in [6.07, 6.45) is 5.55. The van der Waals surface area contributed by atoms with E-state index < -0.39 is 18.2 Å². The smallest absolute Gasteiger partial charge is 0.332 e. The lowest BCUT2D eigenvalue weighted by atomic mass is 10.1. The highest BCUT2D eigenvalue weighted by Gasteiger charge is 2.38. The first-order valence-corrected chi connectivity index (χ1v) is 6.93. The molecule has 1 saturated carbocycles. The van der Waals surface area contributed by atoms with Gasteiger partial charge >= 0.3 is 5.97 Å². The normalized spacial score (nSPS) is 27.4. The van der Waals surface area contributed by atoms with Crippen LogP contribution >= 0.6 is 0 Å². The van der Waals surface area contributed by atoms with E-state index in [0.717, 1.165) is 25.7 Å². The van der Waals surface area contributed by atoms with Crippen LogP contribution in [0.1, 0.15) is 38.5 Å². The zero-order valence-electron chi connectivity index (χ0n) is 11.1. The van der Waals surface area contributed by atoms with Crippen LogP contribution in [-0.2, 0) is 14.3 Å². The predicted octanol–water partition coefficient (Wildman–Crippen LogP) is 1.58. The molecule has 2 fully saturated rings. The predicted molar refractivity (Wildman–Crippen MR) is 69.7 cm³/mol. The van der Waals surface area contributed by atoms with Gasteiger partial charge in [0.2, 0.25) is 0 Å². The van der Waals surface area contributed by atoms with Gasteiger partial charge in [0.25, 0.3) is 5.91 Å². The molecule has 1 aliphatic carbocycles. The summed E-state index contributed by atoms with van der Waals surface area (Å²) in [5, 5.41) is 8.90. The third-order valence-electron chi connectivity index (χ3n) is 3.94. The van der Waals surface area contributed by atoms with E-state index >= 15 is 0 Å². The fraction of sp³-hybridized carbons (Fsp3) is 0.714. The lowest BCUT2D eigenvalue weighted by Gasteiger charge is -2.30. The van der Waals surface area contributed by atoms with Gasteiger partial charge in [0.05, 0.1) is 0 Å². The number of carboxylic acids is 1. The zero-order valence-corrected chi connectivity index (χ0v) is 11.1. The number of carbonyl (C=O) groups excluding carboxylic acids is 1. The van der Waals surface area contributed by atoms with Gasteiger partial charge in [-0.25, -0.2) is 4.79 Å². The Bertz CT molecular complexity index is 362. The van der Waals surface area contributed by atoms with Crippen LogP contribution in [0.5, 0.6) is 0 Å². The van der Waals surface area contributed by atoms with Gasteiger partial charge in [-0.3, -0.25) is 4.79 Å². The summed E-state index contributed by atoms with van der Waals surface area (Å²) >= 11 is 0. The summed E-state index contributed by atoms with van der Waals surface area (Å²) in [5.74, 6) is -1.05. The maximum absolute atomic E-state index is 12.5. The molecule has 0 spiro atoms. The number of hydrogen-bond donors (Lipinski definition) is 1. The van der Waals surface area contributed by atoms with Crippen LogP contribution in [0.15, 0.2) is 12.7 Å². The monoisotopic (exact) mass is 267 g/mol. The maximum atomic E-state index is 12.5. The largest absolute Gasteiger partial charge is 0.479 e. The maximum Gasteiger partial charge on any atom is 0.332 e. The summed E-state index contributed by atoms with van der Waals surface area (Å²) in [5.41, 5.74) is 0. The van der Waals surface area contributed by atoms with Crippen molar-refractivity contribution in [3.63, 3.8) is 0 Å². The highest BCUT2D eigenvalue weighted by atomic mass is 16.5. The molecular weight excluding hydrogens is 246 g/mol. The van der Waals surface area contributed by atoms with E-state index in [0.29, 0.717) is 19.4 Å². The molecule has 1 aliphatic heterocycles. The van der Waals surface area contributed by atoms with Gasteiger partial charge in [0.1, 0.15) is 6.10 Å². The van der Waals surface area contributed by atoms with Crippen LogP contribution in [0.3, 0.4) is 0 Å². The van der Waals surface area contributed by atoms with E-state index in [1.54, 1.807) is 6.08 Å². The molecule has 2 aliphatic rings. The second-order valence-electron chi connectivity index (χ2n) is 5.25. The third kappa shape index (κ3) is 3.15.